The van der Waals surface area contributed by atoms with Crippen LogP contribution in [0.2, 0.25) is 0 Å². The second kappa shape index (κ2) is 10.1. The fraction of sp³-hybridized carbons (Fsp3) is 0.308. The van der Waals surface area contributed by atoms with Crippen LogP contribution in [0.5, 0.6) is 0 Å². The van der Waals surface area contributed by atoms with E-state index in [0.717, 1.165) is 40.4 Å². The summed E-state index contributed by atoms with van der Waals surface area (Å²) in [6.45, 7) is 3.22. The number of piperidine rings is 1. The average molecular weight is 442 g/mol. The van der Waals surface area contributed by atoms with Crippen molar-refractivity contribution in [3.8, 4) is 17.2 Å². The van der Waals surface area contributed by atoms with Gasteiger partial charge in [0.15, 0.2) is 0 Å². The van der Waals surface area contributed by atoms with Gasteiger partial charge in [-0.15, -0.1) is 0 Å². The Hall–Kier alpha value is -3.92. The number of carbonyl (C=O) groups excluding carboxylic acids is 2. The zero-order chi connectivity index (χ0) is 23.2. The fourth-order valence-electron chi connectivity index (χ4n) is 4.25. The molecule has 2 heterocycles. The Bertz CT molecular complexity index is 1210. The summed E-state index contributed by atoms with van der Waals surface area (Å²) >= 11 is 0. The second-order valence-corrected chi connectivity index (χ2v) is 8.35. The maximum atomic E-state index is 12.4. The zero-order valence-corrected chi connectivity index (χ0v) is 18.7. The predicted octanol–water partition coefficient (Wildman–Crippen LogP) is 3.70. The molecule has 2 aromatic carbocycles. The molecule has 0 atom stereocenters. The third-order valence-electron chi connectivity index (χ3n) is 6.00. The van der Waals surface area contributed by atoms with Gasteiger partial charge in [-0.3, -0.25) is 14.6 Å². The van der Waals surface area contributed by atoms with Crippen LogP contribution < -0.4 is 10.6 Å². The molecule has 0 unspecified atom stereocenters. The van der Waals surface area contributed by atoms with Crippen molar-refractivity contribution < 1.29 is 9.59 Å². The molecule has 33 heavy (non-hydrogen) atoms. The van der Waals surface area contributed by atoms with Gasteiger partial charge in [0, 0.05) is 62.5 Å². The molecule has 2 N–H and O–H groups in total. The third-order valence-corrected chi connectivity index (χ3v) is 6.00. The maximum Gasteiger partial charge on any atom is 0.224 e. The first-order valence-corrected chi connectivity index (χ1v) is 11.2. The summed E-state index contributed by atoms with van der Waals surface area (Å²) in [6, 6.07) is 16.3. The first-order chi connectivity index (χ1) is 16.0. The average Bonchev–Trinajstić information content (AvgIpc) is 2.84. The lowest BCUT2D eigenvalue weighted by atomic mass is 9.98. The van der Waals surface area contributed by atoms with Gasteiger partial charge in [-0.2, -0.15) is 5.26 Å². The Kier molecular flexibility index (Phi) is 6.84. The van der Waals surface area contributed by atoms with E-state index in [-0.39, 0.29) is 17.9 Å². The summed E-state index contributed by atoms with van der Waals surface area (Å²) in [6.07, 6.45) is 5.68. The molecule has 7 heteroatoms. The van der Waals surface area contributed by atoms with Crippen LogP contribution >= 0.6 is 0 Å². The van der Waals surface area contributed by atoms with E-state index in [1.165, 1.54) is 6.92 Å². The minimum atomic E-state index is -0.117. The van der Waals surface area contributed by atoms with E-state index < -0.39 is 0 Å². The number of nitrogens with one attached hydrogen (secondary N) is 2. The SMILES string of the molecule is CC(=O)NCCC(=O)N1CCC(Nc2cc(-c3cccc(C#N)c3)cc3ccncc23)CC1. The highest BCUT2D eigenvalue weighted by Gasteiger charge is 2.23. The zero-order valence-electron chi connectivity index (χ0n) is 18.7. The number of nitrogens with zero attached hydrogens (tertiary/aromatic N) is 3. The van der Waals surface area contributed by atoms with Crippen molar-refractivity contribution >= 4 is 28.3 Å². The minimum Gasteiger partial charge on any atom is -0.382 e. The number of rotatable bonds is 6. The third kappa shape index (κ3) is 5.47. The Morgan fingerprint density at radius 2 is 1.97 bits per heavy atom. The number of hydrogen-bond donors (Lipinski definition) is 2. The van der Waals surface area contributed by atoms with Gasteiger partial charge in [0.05, 0.1) is 11.6 Å². The number of amides is 2. The Morgan fingerprint density at radius 1 is 1.15 bits per heavy atom. The van der Waals surface area contributed by atoms with E-state index in [1.807, 2.05) is 35.4 Å². The summed E-state index contributed by atoms with van der Waals surface area (Å²) in [5.74, 6) is -0.0368. The molecule has 2 amide bonds. The van der Waals surface area contributed by atoms with Crippen LogP contribution in [0, 0.1) is 11.3 Å². The van der Waals surface area contributed by atoms with Crippen LogP contribution in [0.1, 0.15) is 31.7 Å². The van der Waals surface area contributed by atoms with E-state index >= 15 is 0 Å². The number of nitriles is 1. The summed E-state index contributed by atoms with van der Waals surface area (Å²) in [7, 11) is 0. The molecule has 7 nitrogen and oxygen atoms in total. The molecule has 4 rings (SSSR count). The molecule has 1 aromatic heterocycles. The Balaban J connectivity index is 1.48. The minimum absolute atomic E-state index is 0.0798. The molecule has 3 aromatic rings. The Morgan fingerprint density at radius 3 is 2.73 bits per heavy atom. The van der Waals surface area contributed by atoms with Gasteiger partial charge < -0.3 is 15.5 Å². The maximum absolute atomic E-state index is 12.4. The summed E-state index contributed by atoms with van der Waals surface area (Å²) in [5, 5.41) is 17.8. The molecule has 0 radical (unpaired) electrons. The topological polar surface area (TPSA) is 98.1 Å². The lowest BCUT2D eigenvalue weighted by Crippen LogP contribution is -2.43. The summed E-state index contributed by atoms with van der Waals surface area (Å²) < 4.78 is 0. The standard InChI is InChI=1S/C26H27N5O2/c1-18(32)29-10-6-26(33)31-11-7-23(8-12-31)30-25-15-22(14-21-5-9-28-17-24(21)25)20-4-2-3-19(13-20)16-27/h2-5,9,13-15,17,23,30H,6-8,10-12H2,1H3,(H,29,32). The highest BCUT2D eigenvalue weighted by molar-refractivity contribution is 5.97. The van der Waals surface area contributed by atoms with Crippen molar-refractivity contribution in [2.24, 2.45) is 0 Å². The molecule has 0 bridgehead atoms. The van der Waals surface area contributed by atoms with Gasteiger partial charge in [0.1, 0.15) is 0 Å². The van der Waals surface area contributed by atoms with Crippen LogP contribution in [-0.2, 0) is 9.59 Å². The highest BCUT2D eigenvalue weighted by atomic mass is 16.2. The number of hydrogen-bond acceptors (Lipinski definition) is 5. The number of aromatic nitrogens is 1. The van der Waals surface area contributed by atoms with Gasteiger partial charge >= 0.3 is 0 Å². The molecular formula is C26H27N5O2. The van der Waals surface area contributed by atoms with E-state index in [2.05, 4.69) is 33.8 Å². The molecular weight excluding hydrogens is 414 g/mol. The van der Waals surface area contributed by atoms with Crippen molar-refractivity contribution in [3.63, 3.8) is 0 Å². The van der Waals surface area contributed by atoms with Gasteiger partial charge in [0.2, 0.25) is 11.8 Å². The number of pyridine rings is 1. The molecule has 1 aliphatic heterocycles. The van der Waals surface area contributed by atoms with Crippen LogP contribution in [0.4, 0.5) is 5.69 Å². The normalized spacial score (nSPS) is 14.0. The van der Waals surface area contributed by atoms with Crippen LogP contribution in [0.25, 0.3) is 21.9 Å². The van der Waals surface area contributed by atoms with Gasteiger partial charge in [-0.1, -0.05) is 12.1 Å². The number of likely N-dealkylation sites (tertiary alicyclic amines) is 1. The van der Waals surface area contributed by atoms with Gasteiger partial charge in [0.25, 0.3) is 0 Å². The molecule has 0 saturated carbocycles. The van der Waals surface area contributed by atoms with Gasteiger partial charge in [-0.05, 0) is 59.7 Å². The molecule has 0 aliphatic carbocycles. The van der Waals surface area contributed by atoms with Crippen LogP contribution in [0.15, 0.2) is 54.9 Å². The first kappa shape index (κ1) is 22.3. The second-order valence-electron chi connectivity index (χ2n) is 8.35. The lowest BCUT2D eigenvalue weighted by Gasteiger charge is -2.33. The molecule has 1 aliphatic rings. The van der Waals surface area contributed by atoms with Crippen molar-refractivity contribution in [2.45, 2.75) is 32.2 Å². The number of benzene rings is 2. The van der Waals surface area contributed by atoms with Crippen LogP contribution in [0.3, 0.4) is 0 Å². The van der Waals surface area contributed by atoms with E-state index in [1.54, 1.807) is 12.3 Å². The highest BCUT2D eigenvalue weighted by Crippen LogP contribution is 2.32. The largest absolute Gasteiger partial charge is 0.382 e. The number of anilines is 1. The Labute approximate surface area is 193 Å². The smallest absolute Gasteiger partial charge is 0.224 e. The van der Waals surface area contributed by atoms with E-state index in [0.29, 0.717) is 31.6 Å². The summed E-state index contributed by atoms with van der Waals surface area (Å²) in [5.41, 5.74) is 3.68. The van der Waals surface area contributed by atoms with Gasteiger partial charge in [-0.25, -0.2) is 0 Å². The molecule has 1 fully saturated rings. The van der Waals surface area contributed by atoms with E-state index in [4.69, 9.17) is 0 Å². The van der Waals surface area contributed by atoms with Crippen molar-refractivity contribution in [3.05, 3.63) is 60.4 Å². The van der Waals surface area contributed by atoms with Crippen molar-refractivity contribution in [1.29, 1.82) is 5.26 Å². The number of fused-ring (bicyclic) bond motifs is 1. The summed E-state index contributed by atoms with van der Waals surface area (Å²) in [4.78, 5) is 29.6. The monoisotopic (exact) mass is 441 g/mol. The van der Waals surface area contributed by atoms with E-state index in [9.17, 15) is 14.9 Å². The number of carbonyl (C=O) groups is 2. The quantitative estimate of drug-likeness (QED) is 0.608. The lowest BCUT2D eigenvalue weighted by molar-refractivity contribution is -0.132. The van der Waals surface area contributed by atoms with Crippen molar-refractivity contribution in [1.82, 2.24) is 15.2 Å². The molecule has 1 saturated heterocycles. The fourth-order valence-corrected chi connectivity index (χ4v) is 4.25. The first-order valence-electron chi connectivity index (χ1n) is 11.2. The van der Waals surface area contributed by atoms with Crippen LogP contribution in [-0.4, -0.2) is 47.4 Å². The molecule has 0 spiro atoms. The molecule has 168 valence electrons. The van der Waals surface area contributed by atoms with Crippen molar-refractivity contribution in [2.75, 3.05) is 25.0 Å². The predicted molar refractivity (Wildman–Crippen MR) is 128 cm³/mol.